The topological polar surface area (TPSA) is 86.0 Å². The lowest BCUT2D eigenvalue weighted by molar-refractivity contribution is 0.222. The second kappa shape index (κ2) is 6.72. The van der Waals surface area contributed by atoms with Gasteiger partial charge < -0.3 is 15.8 Å². The summed E-state index contributed by atoms with van der Waals surface area (Å²) >= 11 is 0. The zero-order valence-electron chi connectivity index (χ0n) is 12.6. The first kappa shape index (κ1) is 14.8. The number of nitrogen functional groups attached to an aromatic ring is 1. The van der Waals surface area contributed by atoms with Crippen molar-refractivity contribution in [1.29, 1.82) is 0 Å². The quantitative estimate of drug-likeness (QED) is 0.824. The fourth-order valence-electron chi connectivity index (χ4n) is 2.51. The molecule has 1 fully saturated rings. The fraction of sp³-hybridized carbons (Fsp3) is 0.786. The van der Waals surface area contributed by atoms with E-state index in [-0.39, 0.29) is 18.1 Å². The minimum Gasteiger partial charge on any atom is -0.461 e. The molecule has 2 atom stereocenters. The van der Waals surface area contributed by atoms with E-state index in [1.165, 1.54) is 19.3 Å². The van der Waals surface area contributed by atoms with Gasteiger partial charge in [0, 0.05) is 6.04 Å². The molecule has 0 aromatic carbocycles. The van der Waals surface area contributed by atoms with Crippen LogP contribution in [-0.4, -0.2) is 27.1 Å². The van der Waals surface area contributed by atoms with Crippen LogP contribution in [-0.2, 0) is 0 Å². The van der Waals surface area contributed by atoms with E-state index in [9.17, 15) is 0 Å². The molecule has 2 rings (SSSR count). The molecule has 1 aromatic heterocycles. The third-order valence-electron chi connectivity index (χ3n) is 3.56. The van der Waals surface area contributed by atoms with Gasteiger partial charge in [-0.3, -0.25) is 0 Å². The van der Waals surface area contributed by atoms with Crippen LogP contribution in [0, 0.1) is 5.92 Å². The maximum Gasteiger partial charge on any atom is 0.323 e. The van der Waals surface area contributed by atoms with Crippen molar-refractivity contribution in [1.82, 2.24) is 15.0 Å². The number of hydrogen-bond donors (Lipinski definition) is 2. The molecule has 1 heterocycles. The molecule has 112 valence electrons. The van der Waals surface area contributed by atoms with Crippen molar-refractivity contribution < 1.29 is 4.74 Å². The van der Waals surface area contributed by atoms with Crippen LogP contribution in [0.4, 0.5) is 11.9 Å². The van der Waals surface area contributed by atoms with Gasteiger partial charge >= 0.3 is 6.01 Å². The maximum absolute atomic E-state index is 5.71. The van der Waals surface area contributed by atoms with Crippen LogP contribution >= 0.6 is 0 Å². The van der Waals surface area contributed by atoms with Crippen molar-refractivity contribution in [2.45, 2.75) is 65.0 Å². The molecule has 0 spiro atoms. The van der Waals surface area contributed by atoms with E-state index in [1.807, 2.05) is 13.8 Å². The first-order valence-corrected chi connectivity index (χ1v) is 7.47. The van der Waals surface area contributed by atoms with E-state index in [0.29, 0.717) is 12.0 Å². The van der Waals surface area contributed by atoms with Crippen molar-refractivity contribution in [2.24, 2.45) is 5.92 Å². The standard InChI is InChI=1S/C14H25N5O/c1-9(2)20-14-18-12(15)17-13(19-14)16-11-6-4-5-10(3)7-8-11/h9-11H,4-8H2,1-3H3,(H3,15,16,17,18,19). The van der Waals surface area contributed by atoms with Crippen molar-refractivity contribution in [3.05, 3.63) is 0 Å². The lowest BCUT2D eigenvalue weighted by atomic mass is 10.0. The number of anilines is 2. The molecule has 0 bridgehead atoms. The van der Waals surface area contributed by atoms with Gasteiger partial charge in [-0.2, -0.15) is 15.0 Å². The molecule has 6 nitrogen and oxygen atoms in total. The second-order valence-electron chi connectivity index (χ2n) is 5.92. The maximum atomic E-state index is 5.71. The molecule has 3 N–H and O–H groups in total. The van der Waals surface area contributed by atoms with E-state index < -0.39 is 0 Å². The Balaban J connectivity index is 2.02. The van der Waals surface area contributed by atoms with Crippen LogP contribution in [0.5, 0.6) is 6.01 Å². The third-order valence-corrected chi connectivity index (χ3v) is 3.56. The van der Waals surface area contributed by atoms with Crippen LogP contribution in [0.25, 0.3) is 0 Å². The summed E-state index contributed by atoms with van der Waals surface area (Å²) in [6.45, 7) is 6.18. The van der Waals surface area contributed by atoms with E-state index in [1.54, 1.807) is 0 Å². The molecule has 1 saturated carbocycles. The van der Waals surface area contributed by atoms with Crippen molar-refractivity contribution in [2.75, 3.05) is 11.1 Å². The summed E-state index contributed by atoms with van der Waals surface area (Å²) in [6, 6.07) is 0.700. The minimum absolute atomic E-state index is 0.0170. The monoisotopic (exact) mass is 279 g/mol. The molecule has 1 aromatic rings. The third kappa shape index (κ3) is 4.51. The Bertz CT molecular complexity index is 438. The molecule has 6 heteroatoms. The molecule has 1 aliphatic rings. The van der Waals surface area contributed by atoms with E-state index in [0.717, 1.165) is 18.8 Å². The van der Waals surface area contributed by atoms with Crippen molar-refractivity contribution in [3.63, 3.8) is 0 Å². The number of aromatic nitrogens is 3. The second-order valence-corrected chi connectivity index (χ2v) is 5.92. The Morgan fingerprint density at radius 2 is 1.95 bits per heavy atom. The van der Waals surface area contributed by atoms with Gasteiger partial charge in [0.25, 0.3) is 0 Å². The summed E-state index contributed by atoms with van der Waals surface area (Å²) in [7, 11) is 0. The molecule has 2 unspecified atom stereocenters. The summed E-state index contributed by atoms with van der Waals surface area (Å²) < 4.78 is 5.48. The van der Waals surface area contributed by atoms with Crippen molar-refractivity contribution in [3.8, 4) is 6.01 Å². The van der Waals surface area contributed by atoms with Crippen LogP contribution in [0.2, 0.25) is 0 Å². The van der Waals surface area contributed by atoms with Gasteiger partial charge in [0.1, 0.15) is 0 Å². The summed E-state index contributed by atoms with van der Waals surface area (Å²) in [5.74, 6) is 1.53. The zero-order chi connectivity index (χ0) is 14.5. The Morgan fingerprint density at radius 1 is 1.15 bits per heavy atom. The zero-order valence-corrected chi connectivity index (χ0v) is 12.6. The molecule has 0 amide bonds. The Kier molecular flexibility index (Phi) is 4.98. The van der Waals surface area contributed by atoms with Gasteiger partial charge in [-0.1, -0.05) is 19.8 Å². The number of ether oxygens (including phenoxy) is 1. The normalized spacial score (nSPS) is 23.4. The highest BCUT2D eigenvalue weighted by Crippen LogP contribution is 2.24. The van der Waals surface area contributed by atoms with Gasteiger partial charge in [-0.25, -0.2) is 0 Å². The minimum atomic E-state index is 0.0170. The largest absolute Gasteiger partial charge is 0.461 e. The predicted molar refractivity (Wildman–Crippen MR) is 79.7 cm³/mol. The smallest absolute Gasteiger partial charge is 0.323 e. The molecule has 0 saturated heterocycles. The summed E-state index contributed by atoms with van der Waals surface area (Å²) in [4.78, 5) is 12.4. The Labute approximate surface area is 120 Å². The van der Waals surface area contributed by atoms with Gasteiger partial charge in [0.2, 0.25) is 11.9 Å². The van der Waals surface area contributed by atoms with Crippen LogP contribution in [0.1, 0.15) is 52.9 Å². The highest BCUT2D eigenvalue weighted by atomic mass is 16.5. The number of nitrogens with one attached hydrogen (secondary N) is 1. The SMILES string of the molecule is CC1CCCC(Nc2nc(N)nc(OC(C)C)n2)CC1. The molecule has 1 aliphatic carbocycles. The highest BCUT2D eigenvalue weighted by Gasteiger charge is 2.17. The lowest BCUT2D eigenvalue weighted by Crippen LogP contribution is -2.21. The number of rotatable bonds is 4. The number of nitrogens with two attached hydrogens (primary N) is 1. The predicted octanol–water partition coefficient (Wildman–Crippen LogP) is 2.62. The summed E-state index contributed by atoms with van der Waals surface area (Å²) in [6.07, 6.45) is 6.11. The molecular weight excluding hydrogens is 254 g/mol. The molecular formula is C14H25N5O. The van der Waals surface area contributed by atoms with E-state index >= 15 is 0 Å². The van der Waals surface area contributed by atoms with E-state index in [4.69, 9.17) is 10.5 Å². The molecule has 20 heavy (non-hydrogen) atoms. The first-order chi connectivity index (χ1) is 9.52. The van der Waals surface area contributed by atoms with Crippen LogP contribution in [0.15, 0.2) is 0 Å². The van der Waals surface area contributed by atoms with Gasteiger partial charge in [0.05, 0.1) is 6.10 Å². The molecule has 0 aliphatic heterocycles. The summed E-state index contributed by atoms with van der Waals surface area (Å²) in [5, 5.41) is 3.37. The van der Waals surface area contributed by atoms with Crippen molar-refractivity contribution >= 4 is 11.9 Å². The van der Waals surface area contributed by atoms with Gasteiger partial charge in [-0.05, 0) is 39.0 Å². The molecule has 0 radical (unpaired) electrons. The average molecular weight is 279 g/mol. The van der Waals surface area contributed by atoms with Gasteiger partial charge in [0.15, 0.2) is 0 Å². The number of nitrogens with zero attached hydrogens (tertiary/aromatic N) is 3. The Hall–Kier alpha value is -1.59. The van der Waals surface area contributed by atoms with Crippen LogP contribution in [0.3, 0.4) is 0 Å². The first-order valence-electron chi connectivity index (χ1n) is 7.47. The van der Waals surface area contributed by atoms with E-state index in [2.05, 4.69) is 27.2 Å². The number of hydrogen-bond acceptors (Lipinski definition) is 6. The fourth-order valence-corrected chi connectivity index (χ4v) is 2.51. The van der Waals surface area contributed by atoms with Crippen LogP contribution < -0.4 is 15.8 Å². The highest BCUT2D eigenvalue weighted by molar-refractivity contribution is 5.33. The summed E-state index contributed by atoms with van der Waals surface area (Å²) in [5.41, 5.74) is 5.71. The average Bonchev–Trinajstić information content (AvgIpc) is 2.53. The lowest BCUT2D eigenvalue weighted by Gasteiger charge is -2.17. The van der Waals surface area contributed by atoms with Gasteiger partial charge in [-0.15, -0.1) is 0 Å². The Morgan fingerprint density at radius 3 is 2.70 bits per heavy atom.